The molecule has 0 saturated carbocycles. The molecular weight excluding hydrogens is 340 g/mol. The van der Waals surface area contributed by atoms with Crippen molar-refractivity contribution in [3.63, 3.8) is 0 Å². The Morgan fingerprint density at radius 2 is 2.19 bits per heavy atom. The maximum Gasteiger partial charge on any atom is 0.255 e. The summed E-state index contributed by atoms with van der Waals surface area (Å²) < 4.78 is 0.893. The summed E-state index contributed by atoms with van der Waals surface area (Å²) >= 11 is 7.80. The maximum atomic E-state index is 11.9. The standard InChI is InChI=1S/C11H13ClINO2/c1-11(2,6-12)14-10(16)8-5-7(13)3-4-9(8)15/h3-5,15H,6H2,1-2H3,(H,14,16). The number of nitrogens with one attached hydrogen (secondary N) is 1. The van der Waals surface area contributed by atoms with Crippen molar-refractivity contribution in [3.8, 4) is 5.75 Å². The molecule has 5 heteroatoms. The third kappa shape index (κ3) is 3.52. The molecule has 0 saturated heterocycles. The quantitative estimate of drug-likeness (QED) is 0.648. The van der Waals surface area contributed by atoms with E-state index in [-0.39, 0.29) is 17.2 Å². The topological polar surface area (TPSA) is 49.3 Å². The molecule has 2 N–H and O–H groups in total. The van der Waals surface area contributed by atoms with E-state index in [0.717, 1.165) is 3.57 Å². The molecule has 1 aromatic rings. The molecule has 0 aromatic heterocycles. The minimum absolute atomic E-state index is 0.0247. The van der Waals surface area contributed by atoms with Crippen LogP contribution in [-0.2, 0) is 0 Å². The van der Waals surface area contributed by atoms with Crippen LogP contribution in [-0.4, -0.2) is 22.4 Å². The number of halogens is 2. The van der Waals surface area contributed by atoms with Crippen LogP contribution in [0.25, 0.3) is 0 Å². The molecule has 1 rings (SSSR count). The van der Waals surface area contributed by atoms with E-state index >= 15 is 0 Å². The summed E-state index contributed by atoms with van der Waals surface area (Å²) in [6, 6.07) is 4.87. The summed E-state index contributed by atoms with van der Waals surface area (Å²) in [4.78, 5) is 11.9. The van der Waals surface area contributed by atoms with E-state index in [1.807, 2.05) is 13.8 Å². The summed E-state index contributed by atoms with van der Waals surface area (Å²) in [5, 5.41) is 12.3. The highest BCUT2D eigenvalue weighted by molar-refractivity contribution is 14.1. The Kier molecular flexibility index (Phi) is 4.43. The van der Waals surface area contributed by atoms with E-state index in [1.165, 1.54) is 6.07 Å². The number of carbonyl (C=O) groups is 1. The molecule has 16 heavy (non-hydrogen) atoms. The third-order valence-electron chi connectivity index (χ3n) is 1.99. The molecule has 1 aromatic carbocycles. The summed E-state index contributed by atoms with van der Waals surface area (Å²) in [7, 11) is 0. The smallest absolute Gasteiger partial charge is 0.255 e. The second kappa shape index (κ2) is 5.23. The number of hydrogen-bond acceptors (Lipinski definition) is 2. The number of aromatic hydroxyl groups is 1. The molecule has 0 radical (unpaired) electrons. The zero-order valence-corrected chi connectivity index (χ0v) is 12.0. The van der Waals surface area contributed by atoms with Crippen LogP contribution < -0.4 is 5.32 Å². The van der Waals surface area contributed by atoms with E-state index in [0.29, 0.717) is 5.88 Å². The average molecular weight is 354 g/mol. The number of carbonyl (C=O) groups excluding carboxylic acids is 1. The van der Waals surface area contributed by atoms with Crippen LogP contribution >= 0.6 is 34.2 Å². The molecule has 1 amide bonds. The lowest BCUT2D eigenvalue weighted by molar-refractivity contribution is 0.0917. The van der Waals surface area contributed by atoms with E-state index in [1.54, 1.807) is 12.1 Å². The Labute approximate surface area is 113 Å². The molecule has 0 atom stereocenters. The van der Waals surface area contributed by atoms with Crippen LogP contribution in [0.5, 0.6) is 5.75 Å². The molecular formula is C11H13ClINO2. The molecule has 88 valence electrons. The monoisotopic (exact) mass is 353 g/mol. The van der Waals surface area contributed by atoms with Gasteiger partial charge in [0.1, 0.15) is 5.75 Å². The van der Waals surface area contributed by atoms with Gasteiger partial charge < -0.3 is 10.4 Å². The number of hydrogen-bond donors (Lipinski definition) is 2. The molecule has 0 spiro atoms. The van der Waals surface area contributed by atoms with Gasteiger partial charge in [-0.1, -0.05) is 0 Å². The second-order valence-corrected chi connectivity index (χ2v) is 5.65. The zero-order valence-electron chi connectivity index (χ0n) is 9.05. The Balaban J connectivity index is 2.93. The fraction of sp³-hybridized carbons (Fsp3) is 0.364. The van der Waals surface area contributed by atoms with Crippen LogP contribution in [0.2, 0.25) is 0 Å². The van der Waals surface area contributed by atoms with E-state index in [2.05, 4.69) is 27.9 Å². The Hall–Kier alpha value is -0.490. The first-order valence-electron chi connectivity index (χ1n) is 4.73. The first kappa shape index (κ1) is 13.6. The van der Waals surface area contributed by atoms with E-state index in [9.17, 15) is 9.90 Å². The van der Waals surface area contributed by atoms with Crippen molar-refractivity contribution in [3.05, 3.63) is 27.3 Å². The largest absolute Gasteiger partial charge is 0.507 e. The Morgan fingerprint density at radius 1 is 1.56 bits per heavy atom. The van der Waals surface area contributed by atoms with Gasteiger partial charge in [0.15, 0.2) is 0 Å². The number of amides is 1. The van der Waals surface area contributed by atoms with Gasteiger partial charge in [0.05, 0.1) is 5.56 Å². The predicted molar refractivity (Wildman–Crippen MR) is 73.1 cm³/mol. The average Bonchev–Trinajstić information content (AvgIpc) is 2.21. The first-order chi connectivity index (χ1) is 7.35. The van der Waals surface area contributed by atoms with E-state index in [4.69, 9.17) is 11.6 Å². The number of phenols is 1. The predicted octanol–water partition coefficient (Wildman–Crippen LogP) is 2.74. The number of benzene rings is 1. The molecule has 3 nitrogen and oxygen atoms in total. The zero-order chi connectivity index (χ0) is 12.3. The van der Waals surface area contributed by atoms with Crippen LogP contribution in [0.4, 0.5) is 0 Å². The third-order valence-corrected chi connectivity index (χ3v) is 3.33. The van der Waals surface area contributed by atoms with Gasteiger partial charge in [-0.15, -0.1) is 11.6 Å². The van der Waals surface area contributed by atoms with Crippen LogP contribution in [0, 0.1) is 3.57 Å². The highest BCUT2D eigenvalue weighted by Crippen LogP contribution is 2.20. The molecule has 0 aliphatic rings. The lowest BCUT2D eigenvalue weighted by Gasteiger charge is -2.23. The van der Waals surface area contributed by atoms with Gasteiger partial charge in [-0.2, -0.15) is 0 Å². The number of alkyl halides is 1. The highest BCUT2D eigenvalue weighted by atomic mass is 127. The molecule has 0 fully saturated rings. The minimum Gasteiger partial charge on any atom is -0.507 e. The second-order valence-electron chi connectivity index (χ2n) is 4.13. The fourth-order valence-electron chi connectivity index (χ4n) is 1.10. The highest BCUT2D eigenvalue weighted by Gasteiger charge is 2.21. The molecule has 0 unspecified atom stereocenters. The molecule has 0 heterocycles. The normalized spacial score (nSPS) is 11.2. The van der Waals surface area contributed by atoms with Gasteiger partial charge in [0.2, 0.25) is 0 Å². The van der Waals surface area contributed by atoms with Crippen molar-refractivity contribution >= 4 is 40.1 Å². The van der Waals surface area contributed by atoms with Gasteiger partial charge >= 0.3 is 0 Å². The SMILES string of the molecule is CC(C)(CCl)NC(=O)c1cc(I)ccc1O. The minimum atomic E-state index is -0.494. The van der Waals surface area contributed by atoms with Crippen molar-refractivity contribution < 1.29 is 9.90 Å². The Bertz CT molecular complexity index is 407. The lowest BCUT2D eigenvalue weighted by Crippen LogP contribution is -2.44. The van der Waals surface area contributed by atoms with Gasteiger partial charge in [-0.05, 0) is 54.6 Å². The van der Waals surface area contributed by atoms with Gasteiger partial charge in [0, 0.05) is 15.0 Å². The summed E-state index contributed by atoms with van der Waals surface area (Å²) in [5.41, 5.74) is -0.225. The van der Waals surface area contributed by atoms with Crippen LogP contribution in [0.15, 0.2) is 18.2 Å². The maximum absolute atomic E-state index is 11.9. The Morgan fingerprint density at radius 3 is 2.75 bits per heavy atom. The molecule has 0 bridgehead atoms. The van der Waals surface area contributed by atoms with Gasteiger partial charge in [0.25, 0.3) is 5.91 Å². The summed E-state index contributed by atoms with van der Waals surface area (Å²) in [6.45, 7) is 3.64. The van der Waals surface area contributed by atoms with Crippen LogP contribution in [0.3, 0.4) is 0 Å². The van der Waals surface area contributed by atoms with Crippen molar-refractivity contribution in [2.75, 3.05) is 5.88 Å². The van der Waals surface area contributed by atoms with Gasteiger partial charge in [-0.25, -0.2) is 0 Å². The van der Waals surface area contributed by atoms with Crippen molar-refractivity contribution in [2.24, 2.45) is 0 Å². The van der Waals surface area contributed by atoms with Crippen molar-refractivity contribution in [1.29, 1.82) is 0 Å². The van der Waals surface area contributed by atoms with E-state index < -0.39 is 5.54 Å². The van der Waals surface area contributed by atoms with Crippen molar-refractivity contribution in [2.45, 2.75) is 19.4 Å². The molecule has 0 aliphatic heterocycles. The van der Waals surface area contributed by atoms with Crippen molar-refractivity contribution in [1.82, 2.24) is 5.32 Å². The van der Waals surface area contributed by atoms with Gasteiger partial charge in [-0.3, -0.25) is 4.79 Å². The number of phenolic OH excluding ortho intramolecular Hbond substituents is 1. The lowest BCUT2D eigenvalue weighted by atomic mass is 10.1. The fourth-order valence-corrected chi connectivity index (χ4v) is 1.66. The summed E-state index contributed by atoms with van der Waals surface area (Å²) in [5.74, 6) is -0.0337. The number of rotatable bonds is 3. The summed E-state index contributed by atoms with van der Waals surface area (Å²) in [6.07, 6.45) is 0. The molecule has 0 aliphatic carbocycles. The van der Waals surface area contributed by atoms with Crippen LogP contribution in [0.1, 0.15) is 24.2 Å². The first-order valence-corrected chi connectivity index (χ1v) is 6.34.